The van der Waals surface area contributed by atoms with E-state index >= 15 is 0 Å². The number of carbonyl (C=O) groups is 1. The van der Waals surface area contributed by atoms with Crippen LogP contribution in [0.3, 0.4) is 0 Å². The molecule has 1 aromatic heterocycles. The first-order valence-corrected chi connectivity index (χ1v) is 11.1. The lowest BCUT2D eigenvalue weighted by molar-refractivity contribution is -0.152. The van der Waals surface area contributed by atoms with Gasteiger partial charge in [-0.05, 0) is 80.8 Å². The molecule has 0 saturated carbocycles. The molecule has 0 radical (unpaired) electrons. The van der Waals surface area contributed by atoms with Crippen LogP contribution in [0.1, 0.15) is 41.9 Å². The number of carboxylic acid groups (broad SMARTS) is 1. The molecule has 0 saturated heterocycles. The summed E-state index contributed by atoms with van der Waals surface area (Å²) >= 11 is 0. The van der Waals surface area contributed by atoms with E-state index in [9.17, 15) is 9.90 Å². The van der Waals surface area contributed by atoms with E-state index in [4.69, 9.17) is 19.2 Å². The molecule has 7 nitrogen and oxygen atoms in total. The summed E-state index contributed by atoms with van der Waals surface area (Å²) in [5.41, 5.74) is 2.13. The van der Waals surface area contributed by atoms with E-state index in [0.717, 1.165) is 22.5 Å². The second-order valence-electron chi connectivity index (χ2n) is 8.75. The number of hydrogen-bond donors (Lipinski definition) is 1. The number of carboxylic acids is 1. The van der Waals surface area contributed by atoms with E-state index in [1.54, 1.807) is 44.4 Å². The van der Waals surface area contributed by atoms with E-state index in [0.29, 0.717) is 43.3 Å². The molecule has 0 aliphatic heterocycles. The van der Waals surface area contributed by atoms with Gasteiger partial charge in [-0.25, -0.2) is 4.79 Å². The van der Waals surface area contributed by atoms with E-state index in [2.05, 4.69) is 11.0 Å². The molecule has 0 unspecified atom stereocenters. The molecule has 0 aliphatic carbocycles. The van der Waals surface area contributed by atoms with Gasteiger partial charge in [-0.1, -0.05) is 12.1 Å². The van der Waals surface area contributed by atoms with Crippen molar-refractivity contribution in [2.75, 3.05) is 13.2 Å². The summed E-state index contributed by atoms with van der Waals surface area (Å²) in [6, 6.07) is 17.0. The van der Waals surface area contributed by atoms with Crippen molar-refractivity contribution in [2.24, 2.45) is 0 Å². The molecule has 3 aromatic rings. The highest BCUT2D eigenvalue weighted by Gasteiger charge is 2.30. The Labute approximate surface area is 200 Å². The fraction of sp³-hybridized carbons (Fsp3) is 0.333. The van der Waals surface area contributed by atoms with Crippen molar-refractivity contribution < 1.29 is 23.8 Å². The lowest BCUT2D eigenvalue weighted by atomic mass is 10.0. The zero-order valence-corrected chi connectivity index (χ0v) is 20.0. The van der Waals surface area contributed by atoms with Crippen molar-refractivity contribution >= 4 is 5.97 Å². The van der Waals surface area contributed by atoms with Crippen LogP contribution < -0.4 is 9.47 Å². The van der Waals surface area contributed by atoms with Gasteiger partial charge in [0, 0.05) is 13.1 Å². The number of benzene rings is 2. The van der Waals surface area contributed by atoms with Crippen molar-refractivity contribution in [3.05, 3.63) is 82.8 Å². The largest absolute Gasteiger partial charge is 0.492 e. The Morgan fingerprint density at radius 3 is 2.35 bits per heavy atom. The minimum Gasteiger partial charge on any atom is -0.492 e. The SMILES string of the molecule is Cc1cc(CN(CCOc2ccc(C#N)cc2)Cc2ccco2)cc(C)c1OC(C)(C)C(=O)O. The first-order valence-electron chi connectivity index (χ1n) is 11.1. The van der Waals surface area contributed by atoms with Crippen molar-refractivity contribution in [2.45, 2.75) is 46.4 Å². The Kier molecular flexibility index (Phi) is 7.98. The number of furan rings is 1. The van der Waals surface area contributed by atoms with E-state index in [1.165, 1.54) is 0 Å². The fourth-order valence-corrected chi connectivity index (χ4v) is 3.60. The average Bonchev–Trinajstić information content (AvgIpc) is 3.30. The minimum atomic E-state index is -1.31. The molecular formula is C27H30N2O5. The normalized spacial score (nSPS) is 11.3. The zero-order valence-electron chi connectivity index (χ0n) is 20.0. The average molecular weight is 463 g/mol. The van der Waals surface area contributed by atoms with Crippen LogP contribution in [0.25, 0.3) is 0 Å². The molecule has 0 amide bonds. The van der Waals surface area contributed by atoms with Crippen LogP contribution in [0.2, 0.25) is 0 Å². The van der Waals surface area contributed by atoms with Gasteiger partial charge < -0.3 is 19.0 Å². The standard InChI is InChI=1S/C27H30N2O5/c1-19-14-22(15-20(2)25(19)34-27(3,4)26(30)31)17-29(18-24-6-5-12-32-24)11-13-33-23-9-7-21(16-28)8-10-23/h5-10,12,14-15H,11,13,17-18H2,1-4H3,(H,30,31). The summed E-state index contributed by atoms with van der Waals surface area (Å²) in [5, 5.41) is 18.3. The zero-order chi connectivity index (χ0) is 24.7. The summed E-state index contributed by atoms with van der Waals surface area (Å²) in [7, 11) is 0. The Balaban J connectivity index is 1.71. The molecule has 34 heavy (non-hydrogen) atoms. The maximum absolute atomic E-state index is 11.5. The molecule has 2 aromatic carbocycles. The molecule has 0 atom stereocenters. The van der Waals surface area contributed by atoms with Crippen LogP contribution in [0.5, 0.6) is 11.5 Å². The van der Waals surface area contributed by atoms with Crippen LogP contribution in [0, 0.1) is 25.2 Å². The summed E-state index contributed by atoms with van der Waals surface area (Å²) in [6.45, 7) is 9.33. The summed E-state index contributed by atoms with van der Waals surface area (Å²) in [6.07, 6.45) is 1.66. The third kappa shape index (κ3) is 6.63. The second kappa shape index (κ2) is 10.9. The highest BCUT2D eigenvalue weighted by Crippen LogP contribution is 2.29. The molecule has 1 N–H and O–H groups in total. The maximum atomic E-state index is 11.5. The van der Waals surface area contributed by atoms with Gasteiger partial charge in [0.15, 0.2) is 5.60 Å². The minimum absolute atomic E-state index is 0.471. The lowest BCUT2D eigenvalue weighted by Gasteiger charge is -2.26. The number of nitrogens with zero attached hydrogens (tertiary/aromatic N) is 2. The number of nitriles is 1. The van der Waals surface area contributed by atoms with Gasteiger partial charge in [-0.3, -0.25) is 4.90 Å². The number of ether oxygens (including phenoxy) is 2. The van der Waals surface area contributed by atoms with Gasteiger partial charge in [0.05, 0.1) is 24.4 Å². The van der Waals surface area contributed by atoms with Gasteiger partial charge in [0.2, 0.25) is 0 Å². The number of aryl methyl sites for hydroxylation is 2. The third-order valence-electron chi connectivity index (χ3n) is 5.42. The fourth-order valence-electron chi connectivity index (χ4n) is 3.60. The lowest BCUT2D eigenvalue weighted by Crippen LogP contribution is -2.38. The van der Waals surface area contributed by atoms with Gasteiger partial charge in [0.25, 0.3) is 0 Å². The van der Waals surface area contributed by atoms with Crippen molar-refractivity contribution in [3.63, 3.8) is 0 Å². The van der Waals surface area contributed by atoms with Crippen LogP contribution in [-0.2, 0) is 17.9 Å². The highest BCUT2D eigenvalue weighted by molar-refractivity contribution is 5.77. The van der Waals surface area contributed by atoms with Gasteiger partial charge in [0.1, 0.15) is 23.9 Å². The molecule has 1 heterocycles. The Hall–Kier alpha value is -3.76. The Morgan fingerprint density at radius 2 is 1.79 bits per heavy atom. The van der Waals surface area contributed by atoms with Gasteiger partial charge >= 0.3 is 5.97 Å². The molecular weight excluding hydrogens is 432 g/mol. The van der Waals surface area contributed by atoms with Gasteiger partial charge in [-0.15, -0.1) is 0 Å². The third-order valence-corrected chi connectivity index (χ3v) is 5.42. The highest BCUT2D eigenvalue weighted by atomic mass is 16.5. The molecule has 0 fully saturated rings. The Morgan fingerprint density at radius 1 is 1.12 bits per heavy atom. The smallest absolute Gasteiger partial charge is 0.347 e. The maximum Gasteiger partial charge on any atom is 0.347 e. The topological polar surface area (TPSA) is 95.9 Å². The van der Waals surface area contributed by atoms with Crippen LogP contribution in [0.4, 0.5) is 0 Å². The molecule has 178 valence electrons. The first kappa shape index (κ1) is 24.9. The summed E-state index contributed by atoms with van der Waals surface area (Å²) < 4.78 is 17.3. The summed E-state index contributed by atoms with van der Waals surface area (Å²) in [4.78, 5) is 13.7. The number of aliphatic carboxylic acids is 1. The van der Waals surface area contributed by atoms with Gasteiger partial charge in [-0.2, -0.15) is 5.26 Å². The molecule has 0 aliphatic rings. The Bertz CT molecular complexity index is 1120. The van der Waals surface area contributed by atoms with Crippen molar-refractivity contribution in [1.29, 1.82) is 5.26 Å². The number of hydrogen-bond acceptors (Lipinski definition) is 6. The van der Waals surface area contributed by atoms with Crippen LogP contribution in [0.15, 0.2) is 59.2 Å². The summed E-state index contributed by atoms with van der Waals surface area (Å²) in [5.74, 6) is 1.15. The first-order chi connectivity index (χ1) is 16.2. The van der Waals surface area contributed by atoms with E-state index in [-0.39, 0.29) is 0 Å². The van der Waals surface area contributed by atoms with E-state index < -0.39 is 11.6 Å². The van der Waals surface area contributed by atoms with E-state index in [1.807, 2.05) is 38.1 Å². The van der Waals surface area contributed by atoms with Crippen molar-refractivity contribution in [1.82, 2.24) is 4.90 Å². The molecule has 0 bridgehead atoms. The second-order valence-corrected chi connectivity index (χ2v) is 8.75. The van der Waals surface area contributed by atoms with Crippen LogP contribution >= 0.6 is 0 Å². The predicted octanol–water partition coefficient (Wildman–Crippen LogP) is 5.09. The number of rotatable bonds is 11. The molecule has 3 rings (SSSR count). The predicted molar refractivity (Wildman–Crippen MR) is 128 cm³/mol. The monoisotopic (exact) mass is 462 g/mol. The molecule has 7 heteroatoms. The van der Waals surface area contributed by atoms with Crippen LogP contribution in [-0.4, -0.2) is 34.7 Å². The quantitative estimate of drug-likeness (QED) is 0.424. The molecule has 0 spiro atoms. The van der Waals surface area contributed by atoms with Crippen molar-refractivity contribution in [3.8, 4) is 17.6 Å².